The van der Waals surface area contributed by atoms with Crippen LogP contribution in [-0.2, 0) is 6.54 Å². The minimum atomic E-state index is 0.800. The van der Waals surface area contributed by atoms with Gasteiger partial charge >= 0.3 is 0 Å². The molecule has 1 atom stereocenters. The maximum absolute atomic E-state index is 4.25. The maximum atomic E-state index is 4.25. The molecule has 2 heterocycles. The lowest BCUT2D eigenvalue weighted by atomic mass is 10.1. The van der Waals surface area contributed by atoms with Crippen LogP contribution < -0.4 is 5.32 Å². The molecule has 1 unspecified atom stereocenters. The number of hydrogen-bond acceptors (Lipinski definition) is 4. The van der Waals surface area contributed by atoms with Gasteiger partial charge in [0.2, 0.25) is 0 Å². The van der Waals surface area contributed by atoms with Gasteiger partial charge in [-0.05, 0) is 39.4 Å². The standard InChI is InChI=1S/C11H19N3S/c1-14-7-2-3-10(14)4-5-12-9-11-13-6-8-15-11/h6,8,10,12H,2-5,7,9H2,1H3. The number of thiazole rings is 1. The average Bonchev–Trinajstić information content (AvgIpc) is 2.85. The lowest BCUT2D eigenvalue weighted by Gasteiger charge is -2.19. The highest BCUT2D eigenvalue weighted by molar-refractivity contribution is 7.09. The first-order valence-electron chi connectivity index (χ1n) is 5.65. The van der Waals surface area contributed by atoms with E-state index in [9.17, 15) is 0 Å². The molecule has 0 amide bonds. The fraction of sp³-hybridized carbons (Fsp3) is 0.727. The summed E-state index contributed by atoms with van der Waals surface area (Å²) in [6.45, 7) is 3.31. The molecular weight excluding hydrogens is 206 g/mol. The van der Waals surface area contributed by atoms with Crippen LogP contribution in [0.2, 0.25) is 0 Å². The van der Waals surface area contributed by atoms with Crippen LogP contribution in [-0.4, -0.2) is 36.1 Å². The van der Waals surface area contributed by atoms with Crippen molar-refractivity contribution in [3.8, 4) is 0 Å². The van der Waals surface area contributed by atoms with E-state index in [0.717, 1.165) is 19.1 Å². The Bertz CT molecular complexity index is 273. The summed E-state index contributed by atoms with van der Waals surface area (Å²) in [6.07, 6.45) is 5.87. The SMILES string of the molecule is CN1CCCC1CCNCc1nccs1. The van der Waals surface area contributed by atoms with Crippen molar-refractivity contribution in [2.75, 3.05) is 20.1 Å². The summed E-state index contributed by atoms with van der Waals surface area (Å²) in [5.41, 5.74) is 0. The molecule has 0 spiro atoms. The third-order valence-corrected chi connectivity index (χ3v) is 3.87. The first-order valence-corrected chi connectivity index (χ1v) is 6.53. The number of nitrogens with one attached hydrogen (secondary N) is 1. The van der Waals surface area contributed by atoms with Gasteiger partial charge in [0.1, 0.15) is 5.01 Å². The predicted octanol–water partition coefficient (Wildman–Crippen LogP) is 1.72. The predicted molar refractivity (Wildman–Crippen MR) is 64.1 cm³/mol. The third kappa shape index (κ3) is 3.26. The van der Waals surface area contributed by atoms with E-state index in [1.54, 1.807) is 11.3 Å². The second-order valence-electron chi connectivity index (χ2n) is 4.17. The molecule has 84 valence electrons. The normalized spacial score (nSPS) is 22.3. The van der Waals surface area contributed by atoms with E-state index in [4.69, 9.17) is 0 Å². The van der Waals surface area contributed by atoms with Gasteiger partial charge in [-0.1, -0.05) is 0 Å². The molecule has 1 aliphatic rings. The molecule has 2 rings (SSSR count). The fourth-order valence-corrected chi connectivity index (χ4v) is 2.73. The van der Waals surface area contributed by atoms with Crippen LogP contribution in [0.1, 0.15) is 24.3 Å². The van der Waals surface area contributed by atoms with Crippen LogP contribution in [0.25, 0.3) is 0 Å². The Balaban J connectivity index is 1.59. The lowest BCUT2D eigenvalue weighted by Crippen LogP contribution is -2.28. The monoisotopic (exact) mass is 225 g/mol. The smallest absolute Gasteiger partial charge is 0.106 e. The van der Waals surface area contributed by atoms with Crippen LogP contribution in [0.15, 0.2) is 11.6 Å². The van der Waals surface area contributed by atoms with Crippen LogP contribution in [0.4, 0.5) is 0 Å². The van der Waals surface area contributed by atoms with Gasteiger partial charge in [-0.25, -0.2) is 4.98 Å². The number of hydrogen-bond donors (Lipinski definition) is 1. The summed E-state index contributed by atoms with van der Waals surface area (Å²) in [6, 6.07) is 0.800. The molecule has 0 saturated carbocycles. The minimum Gasteiger partial charge on any atom is -0.310 e. The van der Waals surface area contributed by atoms with Crippen LogP contribution in [0.3, 0.4) is 0 Å². The van der Waals surface area contributed by atoms with Gasteiger partial charge in [0.25, 0.3) is 0 Å². The first-order chi connectivity index (χ1) is 7.36. The van der Waals surface area contributed by atoms with Gasteiger partial charge in [-0.2, -0.15) is 0 Å². The molecule has 1 N–H and O–H groups in total. The zero-order valence-corrected chi connectivity index (χ0v) is 10.1. The Kier molecular flexibility index (Phi) is 4.11. The van der Waals surface area contributed by atoms with E-state index in [2.05, 4.69) is 22.2 Å². The fourth-order valence-electron chi connectivity index (χ4n) is 2.15. The van der Waals surface area contributed by atoms with Gasteiger partial charge in [0.05, 0.1) is 0 Å². The molecule has 0 radical (unpaired) electrons. The number of likely N-dealkylation sites (tertiary alicyclic amines) is 1. The molecule has 0 aromatic carbocycles. The topological polar surface area (TPSA) is 28.2 Å². The molecule has 1 saturated heterocycles. The summed E-state index contributed by atoms with van der Waals surface area (Å²) in [5.74, 6) is 0. The van der Waals surface area contributed by atoms with Gasteiger partial charge in [-0.3, -0.25) is 0 Å². The molecule has 0 aliphatic carbocycles. The third-order valence-electron chi connectivity index (χ3n) is 3.09. The van der Waals surface area contributed by atoms with Gasteiger partial charge < -0.3 is 10.2 Å². The van der Waals surface area contributed by atoms with Crippen molar-refractivity contribution >= 4 is 11.3 Å². The number of nitrogens with zero attached hydrogens (tertiary/aromatic N) is 2. The molecule has 1 aromatic rings. The Morgan fingerprint density at radius 1 is 1.67 bits per heavy atom. The molecule has 1 aliphatic heterocycles. The number of aromatic nitrogens is 1. The number of rotatable bonds is 5. The largest absolute Gasteiger partial charge is 0.310 e. The summed E-state index contributed by atoms with van der Waals surface area (Å²) in [4.78, 5) is 6.72. The zero-order chi connectivity index (χ0) is 10.5. The summed E-state index contributed by atoms with van der Waals surface area (Å²) in [7, 11) is 2.23. The van der Waals surface area contributed by atoms with E-state index >= 15 is 0 Å². The van der Waals surface area contributed by atoms with Crippen molar-refractivity contribution in [1.82, 2.24) is 15.2 Å². The molecule has 4 heteroatoms. The van der Waals surface area contributed by atoms with Crippen LogP contribution >= 0.6 is 11.3 Å². The average molecular weight is 225 g/mol. The van der Waals surface area contributed by atoms with Crippen LogP contribution in [0.5, 0.6) is 0 Å². The quantitative estimate of drug-likeness (QED) is 0.773. The highest BCUT2D eigenvalue weighted by atomic mass is 32.1. The lowest BCUT2D eigenvalue weighted by molar-refractivity contribution is 0.293. The molecule has 1 fully saturated rings. The van der Waals surface area contributed by atoms with Gasteiger partial charge in [-0.15, -0.1) is 11.3 Å². The molecule has 0 bridgehead atoms. The second-order valence-corrected chi connectivity index (χ2v) is 5.15. The second kappa shape index (κ2) is 5.58. The zero-order valence-electron chi connectivity index (χ0n) is 9.28. The van der Waals surface area contributed by atoms with E-state index in [1.165, 1.54) is 30.8 Å². The van der Waals surface area contributed by atoms with Gasteiger partial charge in [0.15, 0.2) is 0 Å². The van der Waals surface area contributed by atoms with E-state index < -0.39 is 0 Å². The summed E-state index contributed by atoms with van der Waals surface area (Å²) >= 11 is 1.72. The first kappa shape index (κ1) is 11.0. The maximum Gasteiger partial charge on any atom is 0.106 e. The minimum absolute atomic E-state index is 0.800. The Labute approximate surface area is 95.5 Å². The summed E-state index contributed by atoms with van der Waals surface area (Å²) < 4.78 is 0. The Morgan fingerprint density at radius 2 is 2.60 bits per heavy atom. The molecule has 3 nitrogen and oxygen atoms in total. The molecule has 1 aromatic heterocycles. The molecular formula is C11H19N3S. The van der Waals surface area contributed by atoms with Crippen molar-refractivity contribution < 1.29 is 0 Å². The van der Waals surface area contributed by atoms with E-state index in [1.807, 2.05) is 11.6 Å². The van der Waals surface area contributed by atoms with Crippen molar-refractivity contribution in [1.29, 1.82) is 0 Å². The van der Waals surface area contributed by atoms with E-state index in [-0.39, 0.29) is 0 Å². The Hall–Kier alpha value is -0.450. The molecule has 15 heavy (non-hydrogen) atoms. The van der Waals surface area contributed by atoms with Gasteiger partial charge in [0, 0.05) is 24.2 Å². The summed E-state index contributed by atoms with van der Waals surface area (Å²) in [5, 5.41) is 6.68. The van der Waals surface area contributed by atoms with Crippen molar-refractivity contribution in [3.05, 3.63) is 16.6 Å². The highest BCUT2D eigenvalue weighted by Gasteiger charge is 2.19. The Morgan fingerprint density at radius 3 is 3.27 bits per heavy atom. The van der Waals surface area contributed by atoms with Crippen molar-refractivity contribution in [3.63, 3.8) is 0 Å². The van der Waals surface area contributed by atoms with Crippen molar-refractivity contribution in [2.24, 2.45) is 0 Å². The van der Waals surface area contributed by atoms with E-state index in [0.29, 0.717) is 0 Å². The van der Waals surface area contributed by atoms with Crippen LogP contribution in [0, 0.1) is 0 Å². The highest BCUT2D eigenvalue weighted by Crippen LogP contribution is 2.17. The van der Waals surface area contributed by atoms with Crippen molar-refractivity contribution in [2.45, 2.75) is 31.8 Å².